The van der Waals surface area contributed by atoms with E-state index in [1.165, 1.54) is 0 Å². The van der Waals surface area contributed by atoms with Gasteiger partial charge in [0.25, 0.3) is 5.91 Å². The van der Waals surface area contributed by atoms with E-state index >= 15 is 0 Å². The first kappa shape index (κ1) is 21.4. The Morgan fingerprint density at radius 3 is 2.62 bits per heavy atom. The van der Waals surface area contributed by atoms with Gasteiger partial charge in [0.2, 0.25) is 0 Å². The Morgan fingerprint density at radius 2 is 1.78 bits per heavy atom. The Balaban J connectivity index is 1.43. The van der Waals surface area contributed by atoms with E-state index in [-0.39, 0.29) is 5.91 Å². The number of amides is 1. The molecule has 6 nitrogen and oxygen atoms in total. The van der Waals surface area contributed by atoms with Crippen LogP contribution in [0.3, 0.4) is 0 Å². The Morgan fingerprint density at radius 1 is 1.00 bits per heavy atom. The van der Waals surface area contributed by atoms with Gasteiger partial charge in [-0.25, -0.2) is 4.98 Å². The first-order valence-electron chi connectivity index (χ1n) is 10.7. The molecule has 0 aliphatic carbocycles. The zero-order chi connectivity index (χ0) is 22.3. The molecule has 0 spiro atoms. The number of carbonyl (C=O) groups is 1. The standard InChI is InChI=1S/C26H27N3O3/c1-19-9-3-4-12-22(19)26(30)27-18-25-28-23-13-5-6-14-24(23)29(25)15-8-16-32-21-11-7-10-20(17-21)31-2/h3-7,9-14,17H,8,15-16,18H2,1-2H3,(H,27,30). The second-order valence-corrected chi connectivity index (χ2v) is 7.55. The number of nitrogens with zero attached hydrogens (tertiary/aromatic N) is 2. The highest BCUT2D eigenvalue weighted by atomic mass is 16.5. The van der Waals surface area contributed by atoms with Gasteiger partial charge in [-0.2, -0.15) is 0 Å². The molecule has 0 saturated carbocycles. The Hall–Kier alpha value is -3.80. The lowest BCUT2D eigenvalue weighted by Crippen LogP contribution is -2.25. The van der Waals surface area contributed by atoms with Gasteiger partial charge in [-0.3, -0.25) is 4.79 Å². The number of rotatable bonds is 9. The number of carbonyl (C=O) groups excluding carboxylic acids is 1. The fourth-order valence-electron chi connectivity index (χ4n) is 3.70. The Bertz CT molecular complexity index is 1220. The van der Waals surface area contributed by atoms with Crippen LogP contribution in [0.1, 0.15) is 28.2 Å². The molecule has 0 fully saturated rings. The van der Waals surface area contributed by atoms with Crippen molar-refractivity contribution in [1.29, 1.82) is 0 Å². The second-order valence-electron chi connectivity index (χ2n) is 7.55. The van der Waals surface area contributed by atoms with E-state index < -0.39 is 0 Å². The molecule has 0 radical (unpaired) electrons. The topological polar surface area (TPSA) is 65.4 Å². The first-order valence-corrected chi connectivity index (χ1v) is 10.7. The van der Waals surface area contributed by atoms with Crippen molar-refractivity contribution in [3.05, 3.63) is 89.7 Å². The van der Waals surface area contributed by atoms with Crippen LogP contribution in [0.25, 0.3) is 11.0 Å². The lowest BCUT2D eigenvalue weighted by atomic mass is 10.1. The predicted molar refractivity (Wildman–Crippen MR) is 125 cm³/mol. The Labute approximate surface area is 187 Å². The van der Waals surface area contributed by atoms with Crippen molar-refractivity contribution < 1.29 is 14.3 Å². The highest BCUT2D eigenvalue weighted by Crippen LogP contribution is 2.20. The zero-order valence-electron chi connectivity index (χ0n) is 18.4. The van der Waals surface area contributed by atoms with Crippen molar-refractivity contribution in [2.75, 3.05) is 13.7 Å². The minimum Gasteiger partial charge on any atom is -0.497 e. The number of para-hydroxylation sites is 2. The van der Waals surface area contributed by atoms with Crippen LogP contribution in [-0.2, 0) is 13.1 Å². The number of aromatic nitrogens is 2. The number of hydrogen-bond acceptors (Lipinski definition) is 4. The molecule has 1 N–H and O–H groups in total. The van der Waals surface area contributed by atoms with Crippen LogP contribution in [0.4, 0.5) is 0 Å². The average Bonchev–Trinajstić information content (AvgIpc) is 3.18. The highest BCUT2D eigenvalue weighted by Gasteiger charge is 2.13. The van der Waals surface area contributed by atoms with Crippen LogP contribution in [0.5, 0.6) is 11.5 Å². The summed E-state index contributed by atoms with van der Waals surface area (Å²) in [6.45, 7) is 3.60. The molecular weight excluding hydrogens is 402 g/mol. The van der Waals surface area contributed by atoms with Gasteiger partial charge < -0.3 is 19.4 Å². The van der Waals surface area contributed by atoms with Gasteiger partial charge in [0, 0.05) is 18.2 Å². The fourth-order valence-corrected chi connectivity index (χ4v) is 3.70. The molecule has 3 aromatic carbocycles. The van der Waals surface area contributed by atoms with Crippen LogP contribution in [0.2, 0.25) is 0 Å². The first-order chi connectivity index (χ1) is 15.7. The summed E-state index contributed by atoms with van der Waals surface area (Å²) in [6, 6.07) is 23.2. The number of fused-ring (bicyclic) bond motifs is 1. The smallest absolute Gasteiger partial charge is 0.251 e. The molecule has 0 saturated heterocycles. The summed E-state index contributed by atoms with van der Waals surface area (Å²) >= 11 is 0. The quantitative estimate of drug-likeness (QED) is 0.390. The van der Waals surface area contributed by atoms with Gasteiger partial charge in [-0.15, -0.1) is 0 Å². The van der Waals surface area contributed by atoms with Crippen molar-refractivity contribution in [3.8, 4) is 11.5 Å². The molecule has 0 aliphatic rings. The predicted octanol–water partition coefficient (Wildman–Crippen LogP) is 4.75. The van der Waals surface area contributed by atoms with Crippen molar-refractivity contribution in [2.24, 2.45) is 0 Å². The molecular formula is C26H27N3O3. The van der Waals surface area contributed by atoms with Gasteiger partial charge in [-0.05, 0) is 49.2 Å². The average molecular weight is 430 g/mol. The summed E-state index contributed by atoms with van der Waals surface area (Å²) in [6.07, 6.45) is 0.802. The second kappa shape index (κ2) is 10.0. The van der Waals surface area contributed by atoms with E-state index in [0.717, 1.165) is 46.9 Å². The van der Waals surface area contributed by atoms with Crippen molar-refractivity contribution in [2.45, 2.75) is 26.4 Å². The summed E-state index contributed by atoms with van der Waals surface area (Å²) in [5.41, 5.74) is 3.60. The summed E-state index contributed by atoms with van der Waals surface area (Å²) in [5, 5.41) is 3.02. The van der Waals surface area contributed by atoms with Crippen molar-refractivity contribution >= 4 is 16.9 Å². The third-order valence-corrected chi connectivity index (χ3v) is 5.37. The summed E-state index contributed by atoms with van der Waals surface area (Å²) < 4.78 is 13.3. The van der Waals surface area contributed by atoms with E-state index in [1.807, 2.05) is 73.7 Å². The molecule has 1 amide bonds. The zero-order valence-corrected chi connectivity index (χ0v) is 18.4. The molecule has 4 rings (SSSR count). The number of benzene rings is 3. The molecule has 4 aromatic rings. The molecule has 0 unspecified atom stereocenters. The molecule has 0 atom stereocenters. The van der Waals surface area contributed by atoms with Crippen LogP contribution in [0, 0.1) is 6.92 Å². The minimum absolute atomic E-state index is 0.0944. The van der Waals surface area contributed by atoms with Crippen LogP contribution >= 0.6 is 0 Å². The molecule has 6 heteroatoms. The third-order valence-electron chi connectivity index (χ3n) is 5.37. The van der Waals surface area contributed by atoms with Gasteiger partial charge in [0.05, 0.1) is 31.3 Å². The van der Waals surface area contributed by atoms with E-state index in [0.29, 0.717) is 18.7 Å². The molecule has 1 aromatic heterocycles. The van der Waals surface area contributed by atoms with E-state index in [2.05, 4.69) is 16.0 Å². The van der Waals surface area contributed by atoms with Gasteiger partial charge >= 0.3 is 0 Å². The van der Waals surface area contributed by atoms with Crippen LogP contribution in [0.15, 0.2) is 72.8 Å². The van der Waals surface area contributed by atoms with Crippen molar-refractivity contribution in [1.82, 2.24) is 14.9 Å². The molecule has 0 bridgehead atoms. The van der Waals surface area contributed by atoms with E-state index in [9.17, 15) is 4.79 Å². The minimum atomic E-state index is -0.0944. The Kier molecular flexibility index (Phi) is 6.70. The summed E-state index contributed by atoms with van der Waals surface area (Å²) in [4.78, 5) is 17.4. The molecule has 0 aliphatic heterocycles. The normalized spacial score (nSPS) is 10.8. The number of imidazole rings is 1. The highest BCUT2D eigenvalue weighted by molar-refractivity contribution is 5.95. The maximum Gasteiger partial charge on any atom is 0.251 e. The number of ether oxygens (including phenoxy) is 2. The molecule has 1 heterocycles. The number of hydrogen-bond donors (Lipinski definition) is 1. The van der Waals surface area contributed by atoms with Crippen molar-refractivity contribution in [3.63, 3.8) is 0 Å². The maximum absolute atomic E-state index is 12.7. The number of methoxy groups -OCH3 is 1. The third kappa shape index (κ3) is 4.91. The van der Waals surface area contributed by atoms with E-state index in [1.54, 1.807) is 7.11 Å². The van der Waals surface area contributed by atoms with Gasteiger partial charge in [-0.1, -0.05) is 36.4 Å². The lowest BCUT2D eigenvalue weighted by Gasteiger charge is -2.12. The summed E-state index contributed by atoms with van der Waals surface area (Å²) in [5.74, 6) is 2.29. The SMILES string of the molecule is COc1cccc(OCCCn2c(CNC(=O)c3ccccc3C)nc3ccccc32)c1. The lowest BCUT2D eigenvalue weighted by molar-refractivity contribution is 0.0949. The maximum atomic E-state index is 12.7. The van der Waals surface area contributed by atoms with E-state index in [4.69, 9.17) is 14.5 Å². The largest absolute Gasteiger partial charge is 0.497 e. The van der Waals surface area contributed by atoms with Gasteiger partial charge in [0.15, 0.2) is 0 Å². The van der Waals surface area contributed by atoms with Gasteiger partial charge in [0.1, 0.15) is 17.3 Å². The summed E-state index contributed by atoms with van der Waals surface area (Å²) in [7, 11) is 1.64. The fraction of sp³-hybridized carbons (Fsp3) is 0.231. The number of aryl methyl sites for hydroxylation is 2. The number of nitrogens with one attached hydrogen (secondary N) is 1. The molecule has 32 heavy (non-hydrogen) atoms. The van der Waals surface area contributed by atoms with Crippen LogP contribution in [-0.4, -0.2) is 29.2 Å². The van der Waals surface area contributed by atoms with Crippen LogP contribution < -0.4 is 14.8 Å². The molecule has 164 valence electrons. The monoisotopic (exact) mass is 429 g/mol.